The van der Waals surface area contributed by atoms with Crippen molar-refractivity contribution in [3.05, 3.63) is 0 Å². The molecule has 10 atom stereocenters. The van der Waals surface area contributed by atoms with Crippen molar-refractivity contribution in [2.45, 2.75) is 67.5 Å². The molecule has 0 unspecified atom stereocenters. The lowest BCUT2D eigenvalue weighted by Crippen LogP contribution is -2.59. The Bertz CT molecular complexity index is 438. The van der Waals surface area contributed by atoms with Crippen molar-refractivity contribution < 1.29 is 45.2 Å². The van der Waals surface area contributed by atoms with E-state index in [1.54, 1.807) is 4.90 Å². The molecule has 0 aliphatic carbocycles. The minimum Gasteiger partial charge on any atom is -0.395 e. The second kappa shape index (κ2) is 7.08. The van der Waals surface area contributed by atoms with Gasteiger partial charge in [-0.2, -0.15) is 0 Å². The Kier molecular flexibility index (Phi) is 5.42. The topological polar surface area (TPSA) is 163 Å². The molecule has 3 rings (SSSR count). The minimum absolute atomic E-state index is 0.304. The lowest BCUT2D eigenvalue weighted by molar-refractivity contribution is -0.310. The van der Waals surface area contributed by atoms with E-state index in [1.807, 2.05) is 0 Å². The maximum atomic E-state index is 10.1. The first-order chi connectivity index (χ1) is 11.4. The molecule has 10 nitrogen and oxygen atoms in total. The summed E-state index contributed by atoms with van der Waals surface area (Å²) in [5.41, 5.74) is 0. The van der Waals surface area contributed by atoms with Crippen molar-refractivity contribution in [2.24, 2.45) is 0 Å². The summed E-state index contributed by atoms with van der Waals surface area (Å²) in [4.78, 5) is 1.75. The van der Waals surface area contributed by atoms with Crippen molar-refractivity contribution in [3.8, 4) is 0 Å². The molecule has 3 aliphatic rings. The van der Waals surface area contributed by atoms with Crippen LogP contribution in [0.5, 0.6) is 0 Å². The number of aliphatic hydroxyl groups excluding tert-OH is 7. The Morgan fingerprint density at radius 2 is 1.58 bits per heavy atom. The van der Waals surface area contributed by atoms with Crippen LogP contribution in [0.3, 0.4) is 0 Å². The van der Waals surface area contributed by atoms with Crippen molar-refractivity contribution in [3.63, 3.8) is 0 Å². The van der Waals surface area contributed by atoms with Gasteiger partial charge in [0.15, 0.2) is 6.29 Å². The van der Waals surface area contributed by atoms with E-state index in [0.29, 0.717) is 13.0 Å². The SMILES string of the molecule is OC[C@@H]1[C@@H](O)[C@H](O)[C@H]2C[C@@H](O[C@H]3O[C@H](CO)[C@@H](O)[C@H](O)[C@H]3O)CN12. The molecular weight excluding hydrogens is 326 g/mol. The van der Waals surface area contributed by atoms with Crippen LogP contribution in [0, 0.1) is 0 Å². The van der Waals surface area contributed by atoms with Gasteiger partial charge in [-0.1, -0.05) is 0 Å². The largest absolute Gasteiger partial charge is 0.395 e. The van der Waals surface area contributed by atoms with Crippen molar-refractivity contribution in [1.82, 2.24) is 4.90 Å². The van der Waals surface area contributed by atoms with E-state index >= 15 is 0 Å². The second-order valence-corrected chi connectivity index (χ2v) is 6.69. The van der Waals surface area contributed by atoms with E-state index in [1.165, 1.54) is 0 Å². The van der Waals surface area contributed by atoms with Gasteiger partial charge in [0.05, 0.1) is 37.6 Å². The van der Waals surface area contributed by atoms with E-state index in [9.17, 15) is 35.7 Å². The molecule has 140 valence electrons. The third-order valence-electron chi connectivity index (χ3n) is 5.27. The summed E-state index contributed by atoms with van der Waals surface area (Å²) in [5, 5.41) is 68.0. The first kappa shape index (κ1) is 18.4. The molecule has 0 saturated carbocycles. The van der Waals surface area contributed by atoms with Crippen LogP contribution in [-0.2, 0) is 9.47 Å². The molecule has 0 aromatic carbocycles. The Morgan fingerprint density at radius 3 is 2.21 bits per heavy atom. The van der Waals surface area contributed by atoms with Crippen LogP contribution < -0.4 is 0 Å². The highest BCUT2D eigenvalue weighted by Gasteiger charge is 2.53. The minimum atomic E-state index is -1.51. The standard InChI is InChI=1S/C14H25NO9/c16-3-7-10(19)9(18)6-1-5(2-15(6)7)23-14-13(22)12(21)11(20)8(4-17)24-14/h5-14,16-22H,1-4H2/t5-,6-,7-,8-,9-,10-,11-,12+,13-,14+/m1/s1. The molecule has 3 aliphatic heterocycles. The van der Waals surface area contributed by atoms with Gasteiger partial charge in [-0.25, -0.2) is 0 Å². The number of hydrogen-bond acceptors (Lipinski definition) is 10. The molecule has 3 fully saturated rings. The van der Waals surface area contributed by atoms with Crippen LogP contribution in [0.25, 0.3) is 0 Å². The Balaban J connectivity index is 1.63. The Hall–Kier alpha value is -0.400. The van der Waals surface area contributed by atoms with Crippen LogP contribution in [0.15, 0.2) is 0 Å². The molecule has 10 heteroatoms. The van der Waals surface area contributed by atoms with Gasteiger partial charge < -0.3 is 45.2 Å². The van der Waals surface area contributed by atoms with E-state index < -0.39 is 61.7 Å². The zero-order valence-corrected chi connectivity index (χ0v) is 13.0. The molecular formula is C14H25NO9. The lowest BCUT2D eigenvalue weighted by Gasteiger charge is -2.40. The molecule has 3 heterocycles. The Labute approximate surface area is 138 Å². The zero-order chi connectivity index (χ0) is 17.6. The first-order valence-corrected chi connectivity index (χ1v) is 8.07. The average Bonchev–Trinajstić information content (AvgIpc) is 3.07. The fourth-order valence-electron chi connectivity index (χ4n) is 3.90. The number of rotatable bonds is 4. The normalized spacial score (nSPS) is 52.6. The lowest BCUT2D eigenvalue weighted by atomic mass is 9.99. The van der Waals surface area contributed by atoms with Gasteiger partial charge >= 0.3 is 0 Å². The average molecular weight is 351 g/mol. The predicted octanol–water partition coefficient (Wildman–Crippen LogP) is -4.66. The molecule has 0 aromatic rings. The summed E-state index contributed by atoms with van der Waals surface area (Å²) < 4.78 is 11.0. The molecule has 0 amide bonds. The van der Waals surface area contributed by atoms with Crippen LogP contribution in [0.1, 0.15) is 6.42 Å². The zero-order valence-electron chi connectivity index (χ0n) is 13.0. The molecule has 0 bridgehead atoms. The van der Waals surface area contributed by atoms with Gasteiger partial charge in [-0.15, -0.1) is 0 Å². The molecule has 0 radical (unpaired) electrons. The van der Waals surface area contributed by atoms with Crippen molar-refractivity contribution in [2.75, 3.05) is 19.8 Å². The maximum Gasteiger partial charge on any atom is 0.187 e. The number of aliphatic hydroxyl groups is 7. The smallest absolute Gasteiger partial charge is 0.187 e. The van der Waals surface area contributed by atoms with Gasteiger partial charge in [0.25, 0.3) is 0 Å². The molecule has 3 saturated heterocycles. The van der Waals surface area contributed by atoms with Gasteiger partial charge in [-0.3, -0.25) is 4.90 Å². The quantitative estimate of drug-likeness (QED) is 0.262. The molecule has 24 heavy (non-hydrogen) atoms. The third kappa shape index (κ3) is 2.97. The van der Waals surface area contributed by atoms with E-state index in [4.69, 9.17) is 9.47 Å². The number of nitrogens with zero attached hydrogens (tertiary/aromatic N) is 1. The van der Waals surface area contributed by atoms with E-state index in [0.717, 1.165) is 0 Å². The van der Waals surface area contributed by atoms with Crippen LogP contribution in [0.2, 0.25) is 0 Å². The van der Waals surface area contributed by atoms with Crippen LogP contribution in [0.4, 0.5) is 0 Å². The highest BCUT2D eigenvalue weighted by molar-refractivity contribution is 5.06. The van der Waals surface area contributed by atoms with Gasteiger partial charge in [0.2, 0.25) is 0 Å². The molecule has 0 spiro atoms. The van der Waals surface area contributed by atoms with E-state index in [-0.39, 0.29) is 12.6 Å². The number of hydrogen-bond donors (Lipinski definition) is 7. The van der Waals surface area contributed by atoms with Crippen LogP contribution in [-0.4, -0.2) is 122 Å². The number of ether oxygens (including phenoxy) is 2. The summed E-state index contributed by atoms with van der Waals surface area (Å²) in [7, 11) is 0. The highest BCUT2D eigenvalue weighted by Crippen LogP contribution is 2.35. The fourth-order valence-corrected chi connectivity index (χ4v) is 3.90. The number of fused-ring (bicyclic) bond motifs is 1. The predicted molar refractivity (Wildman–Crippen MR) is 76.6 cm³/mol. The summed E-state index contributed by atoms with van der Waals surface area (Å²) in [6.45, 7) is -0.539. The maximum absolute atomic E-state index is 10.1. The summed E-state index contributed by atoms with van der Waals surface area (Å²) in [6, 6.07) is -0.972. The Morgan fingerprint density at radius 1 is 0.875 bits per heavy atom. The van der Waals surface area contributed by atoms with Gasteiger partial charge in [-0.05, 0) is 6.42 Å². The van der Waals surface area contributed by atoms with Gasteiger partial charge in [0.1, 0.15) is 24.4 Å². The van der Waals surface area contributed by atoms with E-state index in [2.05, 4.69) is 0 Å². The first-order valence-electron chi connectivity index (χ1n) is 8.07. The fraction of sp³-hybridized carbons (Fsp3) is 1.00. The van der Waals surface area contributed by atoms with Crippen LogP contribution >= 0.6 is 0 Å². The van der Waals surface area contributed by atoms with Crippen molar-refractivity contribution >= 4 is 0 Å². The summed E-state index contributed by atoms with van der Waals surface area (Å²) >= 11 is 0. The summed E-state index contributed by atoms with van der Waals surface area (Å²) in [5.74, 6) is 0. The third-order valence-corrected chi connectivity index (χ3v) is 5.27. The monoisotopic (exact) mass is 351 g/mol. The summed E-state index contributed by atoms with van der Waals surface area (Å²) in [6.07, 6.45) is -8.89. The second-order valence-electron chi connectivity index (χ2n) is 6.69. The van der Waals surface area contributed by atoms with Crippen molar-refractivity contribution in [1.29, 1.82) is 0 Å². The van der Waals surface area contributed by atoms with Gasteiger partial charge in [0, 0.05) is 12.6 Å². The molecule has 7 N–H and O–H groups in total. The molecule has 0 aromatic heterocycles. The highest BCUT2D eigenvalue weighted by atomic mass is 16.7.